The summed E-state index contributed by atoms with van der Waals surface area (Å²) in [5.41, 5.74) is 5.47. The first-order valence-electron chi connectivity index (χ1n) is 5.55. The van der Waals surface area contributed by atoms with Crippen molar-refractivity contribution < 1.29 is 12.8 Å². The molecule has 18 heavy (non-hydrogen) atoms. The van der Waals surface area contributed by atoms with Gasteiger partial charge in [-0.05, 0) is 23.6 Å². The van der Waals surface area contributed by atoms with Crippen molar-refractivity contribution in [2.75, 3.05) is 19.3 Å². The largest absolute Gasteiger partial charge is 0.398 e. The molecule has 0 aliphatic carbocycles. The highest BCUT2D eigenvalue weighted by molar-refractivity contribution is 7.89. The molecule has 0 aliphatic rings. The van der Waals surface area contributed by atoms with Crippen LogP contribution in [0.5, 0.6) is 0 Å². The third-order valence-corrected chi connectivity index (χ3v) is 4.22. The van der Waals surface area contributed by atoms with Crippen LogP contribution in [0, 0.1) is 11.2 Å². The first kappa shape index (κ1) is 14.9. The van der Waals surface area contributed by atoms with Gasteiger partial charge in [0.05, 0.1) is 5.69 Å². The fourth-order valence-electron chi connectivity index (χ4n) is 1.65. The molecule has 0 saturated carbocycles. The highest BCUT2D eigenvalue weighted by Gasteiger charge is 2.27. The zero-order valence-electron chi connectivity index (χ0n) is 11.1. The van der Waals surface area contributed by atoms with Gasteiger partial charge in [-0.3, -0.25) is 0 Å². The van der Waals surface area contributed by atoms with Crippen LogP contribution in [0.15, 0.2) is 23.1 Å². The normalized spacial score (nSPS) is 13.0. The van der Waals surface area contributed by atoms with Gasteiger partial charge in [-0.25, -0.2) is 17.1 Å². The van der Waals surface area contributed by atoms with Crippen molar-refractivity contribution in [1.29, 1.82) is 0 Å². The van der Waals surface area contributed by atoms with Crippen LogP contribution in [-0.2, 0) is 10.0 Å². The van der Waals surface area contributed by atoms with Crippen LogP contribution in [-0.4, -0.2) is 26.3 Å². The SMILES string of the molecule is CN(CC(C)(C)C)S(=O)(=O)c1cc(F)ccc1N. The van der Waals surface area contributed by atoms with Crippen molar-refractivity contribution in [2.24, 2.45) is 5.41 Å². The molecular formula is C12H19FN2O2S. The van der Waals surface area contributed by atoms with Gasteiger partial charge in [0.2, 0.25) is 10.0 Å². The lowest BCUT2D eigenvalue weighted by Gasteiger charge is -2.26. The van der Waals surface area contributed by atoms with Gasteiger partial charge in [0, 0.05) is 13.6 Å². The van der Waals surface area contributed by atoms with Crippen molar-refractivity contribution in [1.82, 2.24) is 4.31 Å². The molecule has 1 rings (SSSR count). The number of anilines is 1. The van der Waals surface area contributed by atoms with E-state index in [4.69, 9.17) is 5.73 Å². The second-order valence-electron chi connectivity index (χ2n) is 5.50. The van der Waals surface area contributed by atoms with Crippen LogP contribution < -0.4 is 5.73 Å². The van der Waals surface area contributed by atoms with Gasteiger partial charge >= 0.3 is 0 Å². The van der Waals surface area contributed by atoms with Crippen LogP contribution in [0.4, 0.5) is 10.1 Å². The Morgan fingerprint density at radius 2 is 1.89 bits per heavy atom. The highest BCUT2D eigenvalue weighted by atomic mass is 32.2. The molecule has 4 nitrogen and oxygen atoms in total. The summed E-state index contributed by atoms with van der Waals surface area (Å²) in [6.07, 6.45) is 0. The van der Waals surface area contributed by atoms with Gasteiger partial charge in [0.25, 0.3) is 0 Å². The van der Waals surface area contributed by atoms with E-state index < -0.39 is 15.8 Å². The lowest BCUT2D eigenvalue weighted by Crippen LogP contribution is -2.34. The topological polar surface area (TPSA) is 63.4 Å². The first-order chi connectivity index (χ1) is 8.04. The summed E-state index contributed by atoms with van der Waals surface area (Å²) in [4.78, 5) is -0.186. The second kappa shape index (κ2) is 4.85. The van der Waals surface area contributed by atoms with E-state index in [9.17, 15) is 12.8 Å². The Hall–Kier alpha value is -1.14. The van der Waals surface area contributed by atoms with Crippen LogP contribution >= 0.6 is 0 Å². The maximum Gasteiger partial charge on any atom is 0.244 e. The molecule has 1 aromatic carbocycles. The average Bonchev–Trinajstić information content (AvgIpc) is 2.19. The van der Waals surface area contributed by atoms with Crippen LogP contribution in [0.25, 0.3) is 0 Å². The Kier molecular flexibility index (Phi) is 4.02. The lowest BCUT2D eigenvalue weighted by atomic mass is 9.97. The third kappa shape index (κ3) is 3.43. The van der Waals surface area contributed by atoms with E-state index in [0.29, 0.717) is 6.54 Å². The Balaban J connectivity index is 3.17. The number of hydrogen-bond donors (Lipinski definition) is 1. The number of nitrogens with zero attached hydrogens (tertiary/aromatic N) is 1. The number of halogens is 1. The molecule has 0 unspecified atom stereocenters. The molecule has 0 aromatic heterocycles. The molecule has 0 radical (unpaired) electrons. The maximum atomic E-state index is 13.1. The third-order valence-electron chi connectivity index (χ3n) is 2.36. The summed E-state index contributed by atoms with van der Waals surface area (Å²) in [6, 6.07) is 3.34. The summed E-state index contributed by atoms with van der Waals surface area (Å²) >= 11 is 0. The number of hydrogen-bond acceptors (Lipinski definition) is 3. The van der Waals surface area contributed by atoms with E-state index in [1.54, 1.807) is 0 Å². The highest BCUT2D eigenvalue weighted by Crippen LogP contribution is 2.25. The smallest absolute Gasteiger partial charge is 0.244 e. The van der Waals surface area contributed by atoms with Crippen molar-refractivity contribution >= 4 is 15.7 Å². The molecule has 0 fully saturated rings. The summed E-state index contributed by atoms with van der Waals surface area (Å²) in [6.45, 7) is 6.10. The van der Waals surface area contributed by atoms with Gasteiger partial charge in [0.15, 0.2) is 0 Å². The van der Waals surface area contributed by atoms with Crippen molar-refractivity contribution in [3.05, 3.63) is 24.0 Å². The first-order valence-corrected chi connectivity index (χ1v) is 6.99. The molecule has 0 amide bonds. The number of nitrogen functional groups attached to an aromatic ring is 1. The summed E-state index contributed by atoms with van der Waals surface area (Å²) in [5, 5.41) is 0. The van der Waals surface area contributed by atoms with Crippen molar-refractivity contribution in [2.45, 2.75) is 25.7 Å². The number of benzene rings is 1. The molecule has 2 N–H and O–H groups in total. The molecule has 0 heterocycles. The Morgan fingerprint density at radius 1 is 1.33 bits per heavy atom. The van der Waals surface area contributed by atoms with Gasteiger partial charge < -0.3 is 5.73 Å². The minimum absolute atomic E-state index is 0.0529. The average molecular weight is 274 g/mol. The van der Waals surface area contributed by atoms with Gasteiger partial charge in [0.1, 0.15) is 10.7 Å². The van der Waals surface area contributed by atoms with Gasteiger partial charge in [-0.1, -0.05) is 20.8 Å². The summed E-state index contributed by atoms with van der Waals surface area (Å²) in [5.74, 6) is -0.619. The molecule has 0 aliphatic heterocycles. The van der Waals surface area contributed by atoms with Crippen LogP contribution in [0.1, 0.15) is 20.8 Å². The van der Waals surface area contributed by atoms with Crippen molar-refractivity contribution in [3.63, 3.8) is 0 Å². The second-order valence-corrected chi connectivity index (χ2v) is 7.52. The molecule has 0 spiro atoms. The van der Waals surface area contributed by atoms with Gasteiger partial charge in [-0.15, -0.1) is 0 Å². The molecule has 0 bridgehead atoms. The predicted octanol–water partition coefficient (Wildman–Crippen LogP) is 2.07. The monoisotopic (exact) mass is 274 g/mol. The molecular weight excluding hydrogens is 255 g/mol. The van der Waals surface area contributed by atoms with Gasteiger partial charge in [-0.2, -0.15) is 0 Å². The standard InChI is InChI=1S/C12H19FN2O2S/c1-12(2,3)8-15(4)18(16,17)11-7-9(13)5-6-10(11)14/h5-7H,8,14H2,1-4H3. The minimum Gasteiger partial charge on any atom is -0.398 e. The summed E-state index contributed by atoms with van der Waals surface area (Å²) < 4.78 is 38.9. The lowest BCUT2D eigenvalue weighted by molar-refractivity contribution is 0.311. The van der Waals surface area contributed by atoms with Crippen LogP contribution in [0.2, 0.25) is 0 Å². The molecule has 0 atom stereocenters. The predicted molar refractivity (Wildman–Crippen MR) is 70.1 cm³/mol. The van der Waals surface area contributed by atoms with Crippen molar-refractivity contribution in [3.8, 4) is 0 Å². The Morgan fingerprint density at radius 3 is 2.39 bits per heavy atom. The minimum atomic E-state index is -3.76. The maximum absolute atomic E-state index is 13.1. The molecule has 102 valence electrons. The van der Waals surface area contributed by atoms with Crippen LogP contribution in [0.3, 0.4) is 0 Å². The Bertz CT molecular complexity index is 535. The Labute approximate surface area is 108 Å². The quantitative estimate of drug-likeness (QED) is 0.858. The number of rotatable bonds is 3. The van der Waals surface area contributed by atoms with E-state index >= 15 is 0 Å². The van der Waals surface area contributed by atoms with E-state index in [-0.39, 0.29) is 16.0 Å². The van der Waals surface area contributed by atoms with E-state index in [0.717, 1.165) is 12.1 Å². The van der Waals surface area contributed by atoms with E-state index in [1.165, 1.54) is 17.4 Å². The molecule has 1 aromatic rings. The summed E-state index contributed by atoms with van der Waals surface area (Å²) in [7, 11) is -2.29. The molecule has 0 saturated heterocycles. The zero-order chi connectivity index (χ0) is 14.1. The van der Waals surface area contributed by atoms with E-state index in [1.807, 2.05) is 20.8 Å². The fourth-order valence-corrected chi connectivity index (χ4v) is 3.17. The number of sulfonamides is 1. The number of nitrogens with two attached hydrogens (primary N) is 1. The zero-order valence-corrected chi connectivity index (χ0v) is 11.9. The van der Waals surface area contributed by atoms with E-state index in [2.05, 4.69) is 0 Å². The molecule has 6 heteroatoms. The fraction of sp³-hybridized carbons (Fsp3) is 0.500.